The summed E-state index contributed by atoms with van der Waals surface area (Å²) in [5.74, 6) is 0. The molecule has 0 unspecified atom stereocenters. The average molecular weight is 139 g/mol. The Kier molecular flexibility index (Phi) is 1.32. The van der Waals surface area contributed by atoms with Gasteiger partial charge in [-0.3, -0.25) is 0 Å². The molecule has 1 aliphatic heterocycles. The van der Waals surface area contributed by atoms with E-state index in [4.69, 9.17) is 0 Å². The van der Waals surface area contributed by atoms with Crippen molar-refractivity contribution < 1.29 is 18.0 Å². The molecule has 0 N–H and O–H groups in total. The molecule has 0 saturated heterocycles. The zero-order valence-electron chi connectivity index (χ0n) is 4.09. The van der Waals surface area contributed by atoms with E-state index in [1.807, 2.05) is 0 Å². The van der Waals surface area contributed by atoms with Gasteiger partial charge in [0.1, 0.15) is 6.34 Å². The lowest BCUT2D eigenvalue weighted by Crippen LogP contribution is -2.33. The van der Waals surface area contributed by atoms with E-state index in [0.29, 0.717) is 13.1 Å². The minimum atomic E-state index is -4.49. The molecule has 0 bridgehead atoms. The number of hydroxylamine groups is 2. The van der Waals surface area contributed by atoms with Crippen LogP contribution in [0, 0.1) is 6.73 Å². The third-order valence-corrected chi connectivity index (χ3v) is 0.643. The van der Waals surface area contributed by atoms with Crippen LogP contribution in [0.4, 0.5) is 13.2 Å². The van der Waals surface area contributed by atoms with Gasteiger partial charge in [0.25, 0.3) is 0 Å². The van der Waals surface area contributed by atoms with Crippen molar-refractivity contribution in [1.29, 1.82) is 0 Å². The zero-order chi connectivity index (χ0) is 6.91. The van der Waals surface area contributed by atoms with Gasteiger partial charge in [0.2, 0.25) is 6.73 Å². The van der Waals surface area contributed by atoms with E-state index in [9.17, 15) is 13.2 Å². The van der Waals surface area contributed by atoms with Crippen LogP contribution in [0.5, 0.6) is 0 Å². The van der Waals surface area contributed by atoms with Gasteiger partial charge in [0.15, 0.2) is 0 Å². The first-order valence-electron chi connectivity index (χ1n) is 1.98. The molecule has 0 atom stereocenters. The highest BCUT2D eigenvalue weighted by atomic mass is 19.4. The van der Waals surface area contributed by atoms with Crippen molar-refractivity contribution in [2.24, 2.45) is 4.99 Å². The third kappa shape index (κ3) is 1.32. The highest BCUT2D eigenvalue weighted by molar-refractivity contribution is 5.55. The van der Waals surface area contributed by atoms with Gasteiger partial charge in [-0.15, -0.1) is 18.2 Å². The van der Waals surface area contributed by atoms with Crippen LogP contribution in [0.3, 0.4) is 0 Å². The van der Waals surface area contributed by atoms with Gasteiger partial charge in [-0.1, -0.05) is 0 Å². The normalized spacial score (nSPS) is 19.2. The van der Waals surface area contributed by atoms with E-state index in [1.54, 1.807) is 0 Å². The molecule has 0 aromatic rings. The second-order valence-corrected chi connectivity index (χ2v) is 1.27. The fraction of sp³-hybridized carbons (Fsp3) is 0.333. The van der Waals surface area contributed by atoms with Crippen LogP contribution in [-0.4, -0.2) is 17.7 Å². The number of nitrogens with zero attached hydrogens (tertiary/aromatic N) is 2. The van der Waals surface area contributed by atoms with E-state index in [-0.39, 0.29) is 5.06 Å². The molecule has 1 heterocycles. The predicted octanol–water partition coefficient (Wildman–Crippen LogP) is 0.901. The predicted molar refractivity (Wildman–Crippen MR) is 21.8 cm³/mol. The molecule has 0 amide bonds. The maximum Gasteiger partial charge on any atom is 0.509 e. The molecule has 51 valence electrons. The Hall–Kier alpha value is -0.780. The molecule has 6 heteroatoms. The summed E-state index contributed by atoms with van der Waals surface area (Å²) in [7, 11) is 0. The van der Waals surface area contributed by atoms with Crippen molar-refractivity contribution in [1.82, 2.24) is 5.06 Å². The second kappa shape index (κ2) is 1.87. The fourth-order valence-corrected chi connectivity index (χ4v) is 0.318. The Morgan fingerprint density at radius 1 is 1.44 bits per heavy atom. The standard InChI is InChI=1S/C3H2F3N2O/c4-3(5,6)8-1-7-2-9-8/h1-2H. The maximum atomic E-state index is 11.5. The van der Waals surface area contributed by atoms with Crippen LogP contribution in [-0.2, 0) is 4.84 Å². The molecule has 9 heavy (non-hydrogen) atoms. The zero-order valence-corrected chi connectivity index (χ0v) is 4.09. The Morgan fingerprint density at radius 2 is 2.11 bits per heavy atom. The highest BCUT2D eigenvalue weighted by Gasteiger charge is 2.38. The molecule has 0 saturated carbocycles. The SMILES string of the molecule is FC(F)(F)N1C=N[CH]O1. The topological polar surface area (TPSA) is 24.8 Å². The maximum absolute atomic E-state index is 11.5. The van der Waals surface area contributed by atoms with E-state index in [1.165, 1.54) is 0 Å². The number of hydrogen-bond donors (Lipinski definition) is 0. The highest BCUT2D eigenvalue weighted by Crippen LogP contribution is 2.22. The quantitative estimate of drug-likeness (QED) is 0.466. The smallest absolute Gasteiger partial charge is 0.234 e. The van der Waals surface area contributed by atoms with Crippen LogP contribution >= 0.6 is 0 Å². The molecule has 0 aliphatic carbocycles. The summed E-state index contributed by atoms with van der Waals surface area (Å²) in [6.45, 7) is 0.702. The van der Waals surface area contributed by atoms with Gasteiger partial charge in [-0.2, -0.15) is 0 Å². The third-order valence-electron chi connectivity index (χ3n) is 0.643. The minimum absolute atomic E-state index is 0.299. The van der Waals surface area contributed by atoms with Crippen molar-refractivity contribution in [3.63, 3.8) is 0 Å². The largest absolute Gasteiger partial charge is 0.509 e. The summed E-state index contributed by atoms with van der Waals surface area (Å²) in [5.41, 5.74) is 0. The number of rotatable bonds is 0. The van der Waals surface area contributed by atoms with Crippen molar-refractivity contribution in [2.75, 3.05) is 0 Å². The van der Waals surface area contributed by atoms with Gasteiger partial charge in [0.05, 0.1) is 0 Å². The van der Waals surface area contributed by atoms with Crippen molar-refractivity contribution in [2.45, 2.75) is 6.30 Å². The van der Waals surface area contributed by atoms with Gasteiger partial charge < -0.3 is 0 Å². The lowest BCUT2D eigenvalue weighted by molar-refractivity contribution is -0.314. The van der Waals surface area contributed by atoms with Crippen molar-refractivity contribution in [3.8, 4) is 0 Å². The first kappa shape index (κ1) is 6.34. The molecular formula is C3H2F3N2O. The van der Waals surface area contributed by atoms with Gasteiger partial charge >= 0.3 is 6.30 Å². The number of alkyl halides is 3. The summed E-state index contributed by atoms with van der Waals surface area (Å²) in [4.78, 5) is 6.94. The van der Waals surface area contributed by atoms with Crippen molar-refractivity contribution in [3.05, 3.63) is 6.73 Å². The number of aliphatic imine (C=N–C) groups is 1. The summed E-state index contributed by atoms with van der Waals surface area (Å²) in [6, 6.07) is 0. The molecule has 1 rings (SSSR count). The Balaban J connectivity index is 2.53. The van der Waals surface area contributed by atoms with Gasteiger partial charge in [0, 0.05) is 0 Å². The molecule has 0 fully saturated rings. The van der Waals surface area contributed by atoms with E-state index >= 15 is 0 Å². The Morgan fingerprint density at radius 3 is 2.33 bits per heavy atom. The lowest BCUT2D eigenvalue weighted by atomic mass is 11.0. The average Bonchev–Trinajstić information content (AvgIpc) is 2.08. The Bertz CT molecular complexity index is 132. The molecule has 0 spiro atoms. The Labute approximate surface area is 48.7 Å². The molecule has 0 aromatic carbocycles. The first-order chi connectivity index (χ1) is 4.11. The minimum Gasteiger partial charge on any atom is -0.234 e. The first-order valence-corrected chi connectivity index (χ1v) is 1.98. The molecular weight excluding hydrogens is 137 g/mol. The van der Waals surface area contributed by atoms with Crippen LogP contribution in [0.15, 0.2) is 4.99 Å². The second-order valence-electron chi connectivity index (χ2n) is 1.27. The summed E-state index contributed by atoms with van der Waals surface area (Å²) < 4.78 is 34.4. The van der Waals surface area contributed by atoms with E-state index in [0.717, 1.165) is 0 Å². The van der Waals surface area contributed by atoms with Crippen LogP contribution < -0.4 is 0 Å². The van der Waals surface area contributed by atoms with Crippen LogP contribution in [0.2, 0.25) is 0 Å². The van der Waals surface area contributed by atoms with Gasteiger partial charge in [-0.05, 0) is 0 Å². The van der Waals surface area contributed by atoms with Gasteiger partial charge in [-0.25, -0.2) is 9.83 Å². The molecule has 0 aromatic heterocycles. The lowest BCUT2D eigenvalue weighted by Gasteiger charge is -2.14. The number of halogens is 3. The fourth-order valence-electron chi connectivity index (χ4n) is 0.318. The monoisotopic (exact) mass is 139 g/mol. The molecule has 1 aliphatic rings. The molecule has 3 nitrogen and oxygen atoms in total. The summed E-state index contributed by atoms with van der Waals surface area (Å²) in [6.07, 6.45) is -3.95. The van der Waals surface area contributed by atoms with Crippen LogP contribution in [0.1, 0.15) is 0 Å². The summed E-state index contributed by atoms with van der Waals surface area (Å²) in [5, 5.41) is -0.299. The number of hydrogen-bond acceptors (Lipinski definition) is 3. The van der Waals surface area contributed by atoms with E-state index < -0.39 is 6.30 Å². The molecule has 1 radical (unpaired) electrons. The van der Waals surface area contributed by atoms with E-state index in [2.05, 4.69) is 9.83 Å². The summed E-state index contributed by atoms with van der Waals surface area (Å²) >= 11 is 0. The van der Waals surface area contributed by atoms with Crippen LogP contribution in [0.25, 0.3) is 0 Å². The van der Waals surface area contributed by atoms with Crippen molar-refractivity contribution >= 4 is 6.34 Å².